The van der Waals surface area contributed by atoms with Gasteiger partial charge in [-0.15, -0.1) is 0 Å². The largest absolute Gasteiger partial charge is 0.497 e. The van der Waals surface area contributed by atoms with Crippen molar-refractivity contribution < 1.29 is 14.3 Å². The van der Waals surface area contributed by atoms with Crippen molar-refractivity contribution in [3.63, 3.8) is 0 Å². The SMILES string of the molecule is COc1ccc(NC(=O)/C(C#N)=C\Nc2ccccc2N2CCOCC2)cc1. The smallest absolute Gasteiger partial charge is 0.267 e. The monoisotopic (exact) mass is 378 g/mol. The average Bonchev–Trinajstić information content (AvgIpc) is 2.75. The second-order valence-corrected chi connectivity index (χ2v) is 6.11. The number of nitrogens with zero attached hydrogens (tertiary/aromatic N) is 2. The first kappa shape index (κ1) is 19.3. The van der Waals surface area contributed by atoms with Crippen molar-refractivity contribution in [3.05, 3.63) is 60.3 Å². The predicted octanol–water partition coefficient (Wildman–Crippen LogP) is 2.99. The van der Waals surface area contributed by atoms with Crippen LogP contribution in [0.1, 0.15) is 0 Å². The molecular weight excluding hydrogens is 356 g/mol. The van der Waals surface area contributed by atoms with Gasteiger partial charge in [0.15, 0.2) is 0 Å². The molecule has 2 aromatic rings. The number of morpholine rings is 1. The minimum absolute atomic E-state index is 0.0207. The summed E-state index contributed by atoms with van der Waals surface area (Å²) in [5.41, 5.74) is 2.40. The molecule has 1 amide bonds. The van der Waals surface area contributed by atoms with Gasteiger partial charge in [0.05, 0.1) is 31.7 Å². The van der Waals surface area contributed by atoms with E-state index in [0.717, 1.165) is 24.5 Å². The highest BCUT2D eigenvalue weighted by atomic mass is 16.5. The van der Waals surface area contributed by atoms with Crippen molar-refractivity contribution in [1.82, 2.24) is 0 Å². The average molecular weight is 378 g/mol. The summed E-state index contributed by atoms with van der Waals surface area (Å²) in [5.74, 6) is 0.208. The standard InChI is InChI=1S/C21H22N4O3/c1-27-18-8-6-17(7-9-18)24-21(26)16(14-22)15-23-19-4-2-3-5-20(19)25-10-12-28-13-11-25/h2-9,15,23H,10-13H2,1H3,(H,24,26)/b16-15-. The summed E-state index contributed by atoms with van der Waals surface area (Å²) < 4.78 is 10.5. The summed E-state index contributed by atoms with van der Waals surface area (Å²) in [4.78, 5) is 14.6. The number of anilines is 3. The van der Waals surface area contributed by atoms with E-state index in [1.165, 1.54) is 6.20 Å². The molecule has 0 radical (unpaired) electrons. The van der Waals surface area contributed by atoms with Crippen LogP contribution in [0.3, 0.4) is 0 Å². The van der Waals surface area contributed by atoms with Crippen molar-refractivity contribution in [1.29, 1.82) is 5.26 Å². The van der Waals surface area contributed by atoms with Crippen LogP contribution in [-0.4, -0.2) is 39.3 Å². The molecule has 1 aliphatic heterocycles. The maximum absolute atomic E-state index is 12.4. The van der Waals surface area contributed by atoms with E-state index in [0.29, 0.717) is 24.7 Å². The molecule has 0 spiro atoms. The van der Waals surface area contributed by atoms with Crippen molar-refractivity contribution in [2.45, 2.75) is 0 Å². The van der Waals surface area contributed by atoms with Gasteiger partial charge >= 0.3 is 0 Å². The number of carbonyl (C=O) groups excluding carboxylic acids is 1. The molecule has 0 aliphatic carbocycles. The lowest BCUT2D eigenvalue weighted by Crippen LogP contribution is -2.36. The van der Waals surface area contributed by atoms with E-state index in [-0.39, 0.29) is 5.57 Å². The maximum Gasteiger partial charge on any atom is 0.267 e. The molecule has 1 fully saturated rings. The zero-order valence-electron chi connectivity index (χ0n) is 15.6. The Labute approximate surface area is 164 Å². The van der Waals surface area contributed by atoms with E-state index in [1.54, 1.807) is 31.4 Å². The number of methoxy groups -OCH3 is 1. The molecule has 1 aliphatic rings. The predicted molar refractivity (Wildman–Crippen MR) is 108 cm³/mol. The normalized spacial score (nSPS) is 14.1. The Bertz CT molecular complexity index is 881. The molecule has 0 atom stereocenters. The lowest BCUT2D eigenvalue weighted by molar-refractivity contribution is -0.112. The topological polar surface area (TPSA) is 86.6 Å². The van der Waals surface area contributed by atoms with Crippen LogP contribution in [0.25, 0.3) is 0 Å². The summed E-state index contributed by atoms with van der Waals surface area (Å²) in [6.07, 6.45) is 1.43. The summed E-state index contributed by atoms with van der Waals surface area (Å²) in [7, 11) is 1.57. The third kappa shape index (κ3) is 4.81. The highest BCUT2D eigenvalue weighted by molar-refractivity contribution is 6.06. The molecular formula is C21H22N4O3. The molecule has 2 N–H and O–H groups in total. The Morgan fingerprint density at radius 2 is 1.89 bits per heavy atom. The molecule has 0 saturated carbocycles. The van der Waals surface area contributed by atoms with Gasteiger partial charge in [-0.2, -0.15) is 5.26 Å². The molecule has 2 aromatic carbocycles. The lowest BCUT2D eigenvalue weighted by atomic mass is 10.2. The number of benzene rings is 2. The molecule has 0 aromatic heterocycles. The Hall–Kier alpha value is -3.50. The summed E-state index contributed by atoms with van der Waals surface area (Å²) in [5, 5.41) is 15.2. The van der Waals surface area contributed by atoms with E-state index in [4.69, 9.17) is 9.47 Å². The van der Waals surface area contributed by atoms with E-state index in [1.807, 2.05) is 30.3 Å². The van der Waals surface area contributed by atoms with Gasteiger partial charge in [-0.05, 0) is 36.4 Å². The Kier molecular flexibility index (Phi) is 6.50. The highest BCUT2D eigenvalue weighted by Crippen LogP contribution is 2.26. The van der Waals surface area contributed by atoms with Gasteiger partial charge in [0.25, 0.3) is 5.91 Å². The summed E-state index contributed by atoms with van der Waals surface area (Å²) in [6, 6.07) is 16.6. The fourth-order valence-electron chi connectivity index (χ4n) is 2.85. The number of carbonyl (C=O) groups is 1. The van der Waals surface area contributed by atoms with E-state index in [2.05, 4.69) is 15.5 Å². The molecule has 1 saturated heterocycles. The molecule has 7 nitrogen and oxygen atoms in total. The van der Waals surface area contributed by atoms with E-state index in [9.17, 15) is 10.1 Å². The number of ether oxygens (including phenoxy) is 2. The second-order valence-electron chi connectivity index (χ2n) is 6.11. The fraction of sp³-hybridized carbons (Fsp3) is 0.238. The summed E-state index contributed by atoms with van der Waals surface area (Å²) >= 11 is 0. The molecule has 0 unspecified atom stereocenters. The van der Waals surface area contributed by atoms with Crippen molar-refractivity contribution in [2.75, 3.05) is 48.9 Å². The van der Waals surface area contributed by atoms with Gasteiger partial charge in [-0.1, -0.05) is 12.1 Å². The minimum Gasteiger partial charge on any atom is -0.497 e. The van der Waals surface area contributed by atoms with Crippen LogP contribution in [0, 0.1) is 11.3 Å². The van der Waals surface area contributed by atoms with Crippen molar-refractivity contribution in [3.8, 4) is 11.8 Å². The van der Waals surface area contributed by atoms with Crippen LogP contribution in [-0.2, 0) is 9.53 Å². The molecule has 0 bridgehead atoms. The highest BCUT2D eigenvalue weighted by Gasteiger charge is 2.15. The number of para-hydroxylation sites is 2. The van der Waals surface area contributed by atoms with Crippen LogP contribution < -0.4 is 20.3 Å². The Morgan fingerprint density at radius 3 is 2.57 bits per heavy atom. The van der Waals surface area contributed by atoms with Crippen LogP contribution in [0.5, 0.6) is 5.75 Å². The summed E-state index contributed by atoms with van der Waals surface area (Å²) in [6.45, 7) is 2.95. The van der Waals surface area contributed by atoms with Crippen LogP contribution in [0.2, 0.25) is 0 Å². The zero-order valence-corrected chi connectivity index (χ0v) is 15.6. The van der Waals surface area contributed by atoms with Crippen LogP contribution >= 0.6 is 0 Å². The third-order valence-corrected chi connectivity index (χ3v) is 4.34. The lowest BCUT2D eigenvalue weighted by Gasteiger charge is -2.30. The molecule has 28 heavy (non-hydrogen) atoms. The number of rotatable bonds is 6. The van der Waals surface area contributed by atoms with Crippen LogP contribution in [0.15, 0.2) is 60.3 Å². The van der Waals surface area contributed by atoms with Gasteiger partial charge in [-0.3, -0.25) is 4.79 Å². The van der Waals surface area contributed by atoms with Gasteiger partial charge in [0.1, 0.15) is 17.4 Å². The molecule has 3 rings (SSSR count). The number of amides is 1. The van der Waals surface area contributed by atoms with Gasteiger partial charge < -0.3 is 25.0 Å². The van der Waals surface area contributed by atoms with Crippen molar-refractivity contribution in [2.24, 2.45) is 0 Å². The number of nitrogens with one attached hydrogen (secondary N) is 2. The Morgan fingerprint density at radius 1 is 1.18 bits per heavy atom. The first-order chi connectivity index (χ1) is 13.7. The van der Waals surface area contributed by atoms with E-state index >= 15 is 0 Å². The first-order valence-corrected chi connectivity index (χ1v) is 8.95. The number of nitriles is 1. The molecule has 144 valence electrons. The van der Waals surface area contributed by atoms with Gasteiger partial charge in [0, 0.05) is 25.0 Å². The fourth-order valence-corrected chi connectivity index (χ4v) is 2.85. The van der Waals surface area contributed by atoms with Crippen LogP contribution in [0.4, 0.5) is 17.1 Å². The second kappa shape index (κ2) is 9.44. The number of hydrogen-bond donors (Lipinski definition) is 2. The van der Waals surface area contributed by atoms with Crippen molar-refractivity contribution >= 4 is 23.0 Å². The third-order valence-electron chi connectivity index (χ3n) is 4.34. The van der Waals surface area contributed by atoms with Gasteiger partial charge in [-0.25, -0.2) is 0 Å². The quantitative estimate of drug-likeness (QED) is 0.594. The molecule has 7 heteroatoms. The minimum atomic E-state index is -0.482. The van der Waals surface area contributed by atoms with Gasteiger partial charge in [0.2, 0.25) is 0 Å². The maximum atomic E-state index is 12.4. The Balaban J connectivity index is 1.71. The zero-order chi connectivity index (χ0) is 19.8. The number of hydrogen-bond acceptors (Lipinski definition) is 6. The first-order valence-electron chi connectivity index (χ1n) is 8.95. The van der Waals surface area contributed by atoms with E-state index < -0.39 is 5.91 Å². The molecule has 1 heterocycles.